The molecule has 0 radical (unpaired) electrons. The lowest BCUT2D eigenvalue weighted by molar-refractivity contribution is -0.195. The second-order valence-electron chi connectivity index (χ2n) is 7.35. The lowest BCUT2D eigenvalue weighted by Crippen LogP contribution is -2.76. The second-order valence-corrected chi connectivity index (χ2v) is 7.35. The molecule has 1 aromatic rings. The van der Waals surface area contributed by atoms with Crippen molar-refractivity contribution in [3.8, 4) is 5.75 Å². The number of aliphatic carboxylic acids is 1. The molecule has 26 heavy (non-hydrogen) atoms. The molecule has 2 rings (SSSR count). The van der Waals surface area contributed by atoms with E-state index in [1.54, 1.807) is 6.07 Å². The van der Waals surface area contributed by atoms with Gasteiger partial charge >= 0.3 is 5.97 Å². The summed E-state index contributed by atoms with van der Waals surface area (Å²) in [4.78, 5) is 24.8. The van der Waals surface area contributed by atoms with Crippen molar-refractivity contribution in [3.05, 3.63) is 29.8 Å². The maximum atomic E-state index is 12.8. The van der Waals surface area contributed by atoms with Crippen LogP contribution in [0.2, 0.25) is 0 Å². The molecule has 0 bridgehead atoms. The van der Waals surface area contributed by atoms with Crippen LogP contribution in [0, 0.1) is 12.3 Å². The number of ether oxygens (including phenoxy) is 2. The Bertz CT molecular complexity index is 672. The van der Waals surface area contributed by atoms with E-state index < -0.39 is 28.9 Å². The molecule has 0 aromatic heterocycles. The lowest BCUT2D eigenvalue weighted by Gasteiger charge is -2.58. The van der Waals surface area contributed by atoms with Crippen LogP contribution in [0.15, 0.2) is 24.3 Å². The quantitative estimate of drug-likeness (QED) is 0.742. The van der Waals surface area contributed by atoms with Crippen LogP contribution in [0.4, 0.5) is 0 Å². The SMILES string of the molecule is CCOC1CC(NC(=O)C(CC)Oc2ccccc2C)(C(=O)O)C1(C)C. The number of carboxylic acids is 1. The van der Waals surface area contributed by atoms with E-state index >= 15 is 0 Å². The normalized spacial score (nSPS) is 25.0. The third kappa shape index (κ3) is 3.43. The third-order valence-corrected chi connectivity index (χ3v) is 5.49. The Morgan fingerprint density at radius 2 is 1.96 bits per heavy atom. The lowest BCUT2D eigenvalue weighted by atomic mass is 9.54. The zero-order valence-corrected chi connectivity index (χ0v) is 16.2. The fourth-order valence-corrected chi connectivity index (χ4v) is 3.49. The van der Waals surface area contributed by atoms with Crippen LogP contribution in [-0.4, -0.2) is 41.3 Å². The number of carbonyl (C=O) groups is 2. The molecule has 1 fully saturated rings. The number of hydrogen-bond donors (Lipinski definition) is 2. The van der Waals surface area contributed by atoms with Crippen molar-refractivity contribution in [3.63, 3.8) is 0 Å². The van der Waals surface area contributed by atoms with Gasteiger partial charge in [0.1, 0.15) is 11.3 Å². The first-order valence-electron chi connectivity index (χ1n) is 9.09. The molecule has 1 aliphatic rings. The van der Waals surface area contributed by atoms with Gasteiger partial charge in [0.05, 0.1) is 6.10 Å². The van der Waals surface area contributed by atoms with Crippen molar-refractivity contribution in [1.82, 2.24) is 5.32 Å². The van der Waals surface area contributed by atoms with E-state index in [1.165, 1.54) is 0 Å². The van der Waals surface area contributed by atoms with E-state index in [-0.39, 0.29) is 12.5 Å². The summed E-state index contributed by atoms with van der Waals surface area (Å²) in [7, 11) is 0. The molecule has 0 spiro atoms. The summed E-state index contributed by atoms with van der Waals surface area (Å²) in [6, 6.07) is 7.44. The smallest absolute Gasteiger partial charge is 0.330 e. The molecule has 6 heteroatoms. The van der Waals surface area contributed by atoms with E-state index in [0.717, 1.165) is 5.56 Å². The predicted molar refractivity (Wildman–Crippen MR) is 98.2 cm³/mol. The Kier molecular flexibility index (Phi) is 5.96. The van der Waals surface area contributed by atoms with Crippen molar-refractivity contribution in [2.75, 3.05) is 6.61 Å². The highest BCUT2D eigenvalue weighted by Gasteiger charge is 2.66. The number of rotatable bonds is 8. The van der Waals surface area contributed by atoms with Gasteiger partial charge in [-0.1, -0.05) is 39.0 Å². The minimum absolute atomic E-state index is 0.207. The summed E-state index contributed by atoms with van der Waals surface area (Å²) in [5, 5.41) is 12.6. The average Bonchev–Trinajstić information content (AvgIpc) is 2.59. The molecule has 2 N–H and O–H groups in total. The molecule has 3 atom stereocenters. The number of carbonyl (C=O) groups excluding carboxylic acids is 1. The number of hydrogen-bond acceptors (Lipinski definition) is 4. The first-order chi connectivity index (χ1) is 12.2. The second kappa shape index (κ2) is 7.66. The molecule has 144 valence electrons. The van der Waals surface area contributed by atoms with E-state index in [2.05, 4.69) is 5.32 Å². The van der Waals surface area contributed by atoms with E-state index in [9.17, 15) is 14.7 Å². The monoisotopic (exact) mass is 363 g/mol. The summed E-state index contributed by atoms with van der Waals surface area (Å²) < 4.78 is 11.5. The minimum atomic E-state index is -1.35. The topological polar surface area (TPSA) is 84.9 Å². The first kappa shape index (κ1) is 20.2. The minimum Gasteiger partial charge on any atom is -0.480 e. The van der Waals surface area contributed by atoms with Crippen molar-refractivity contribution in [1.29, 1.82) is 0 Å². The van der Waals surface area contributed by atoms with Crippen LogP contribution in [0.1, 0.15) is 46.1 Å². The summed E-state index contributed by atoms with van der Waals surface area (Å²) in [5.74, 6) is -0.835. The molecule has 1 amide bonds. The van der Waals surface area contributed by atoms with Crippen LogP contribution in [-0.2, 0) is 14.3 Å². The third-order valence-electron chi connectivity index (χ3n) is 5.49. The van der Waals surface area contributed by atoms with Gasteiger partial charge in [0, 0.05) is 18.4 Å². The summed E-state index contributed by atoms with van der Waals surface area (Å²) >= 11 is 0. The van der Waals surface area contributed by atoms with Gasteiger partial charge < -0.3 is 19.9 Å². The molecule has 1 saturated carbocycles. The number of aryl methyl sites for hydroxylation is 1. The van der Waals surface area contributed by atoms with E-state index in [1.807, 2.05) is 52.8 Å². The standard InChI is InChI=1S/C20H29NO5/c1-6-14(26-15-11-9-8-10-13(15)3)17(22)21-20(18(23)24)12-16(25-7-2)19(20,4)5/h8-11,14,16H,6-7,12H2,1-5H3,(H,21,22)(H,23,24). The predicted octanol–water partition coefficient (Wildman–Crippen LogP) is 2.93. The number of para-hydroxylation sites is 1. The Hall–Kier alpha value is -2.08. The van der Waals surface area contributed by atoms with Gasteiger partial charge in [-0.3, -0.25) is 4.79 Å². The molecule has 0 heterocycles. The van der Waals surface area contributed by atoms with Crippen molar-refractivity contribution >= 4 is 11.9 Å². The Morgan fingerprint density at radius 1 is 1.31 bits per heavy atom. The molecule has 1 aliphatic carbocycles. The first-order valence-corrected chi connectivity index (χ1v) is 9.09. The van der Waals surface area contributed by atoms with Gasteiger partial charge in [0.25, 0.3) is 5.91 Å². The van der Waals surface area contributed by atoms with Gasteiger partial charge in [-0.05, 0) is 31.9 Å². The van der Waals surface area contributed by atoms with Gasteiger partial charge in [-0.25, -0.2) is 4.79 Å². The summed E-state index contributed by atoms with van der Waals surface area (Å²) in [6.07, 6.45) is -0.281. The van der Waals surface area contributed by atoms with Gasteiger partial charge in [0.2, 0.25) is 0 Å². The highest BCUT2D eigenvalue weighted by molar-refractivity contribution is 5.91. The maximum absolute atomic E-state index is 12.8. The van der Waals surface area contributed by atoms with Crippen LogP contribution in [0.25, 0.3) is 0 Å². The zero-order chi connectivity index (χ0) is 19.5. The molecule has 1 aromatic carbocycles. The number of amides is 1. The van der Waals surface area contributed by atoms with Crippen molar-refractivity contribution < 1.29 is 24.2 Å². The average molecular weight is 363 g/mol. The molecule has 6 nitrogen and oxygen atoms in total. The Morgan fingerprint density at radius 3 is 2.46 bits per heavy atom. The largest absolute Gasteiger partial charge is 0.480 e. The van der Waals surface area contributed by atoms with Crippen LogP contribution >= 0.6 is 0 Å². The van der Waals surface area contributed by atoms with Crippen molar-refractivity contribution in [2.24, 2.45) is 5.41 Å². The summed E-state index contributed by atoms with van der Waals surface area (Å²) in [5.41, 5.74) is -1.15. The molecular weight excluding hydrogens is 334 g/mol. The van der Waals surface area contributed by atoms with Gasteiger partial charge in [-0.15, -0.1) is 0 Å². The number of carboxylic acid groups (broad SMARTS) is 1. The number of benzene rings is 1. The Labute approximate surface area is 154 Å². The summed E-state index contributed by atoms with van der Waals surface area (Å²) in [6.45, 7) is 9.75. The van der Waals surface area contributed by atoms with E-state index in [0.29, 0.717) is 18.8 Å². The van der Waals surface area contributed by atoms with Crippen LogP contribution in [0.5, 0.6) is 5.75 Å². The highest BCUT2D eigenvalue weighted by Crippen LogP contribution is 2.51. The molecule has 3 unspecified atom stereocenters. The van der Waals surface area contributed by atoms with Crippen molar-refractivity contribution in [2.45, 2.75) is 65.2 Å². The van der Waals surface area contributed by atoms with Crippen LogP contribution in [0.3, 0.4) is 0 Å². The fraction of sp³-hybridized carbons (Fsp3) is 0.600. The fourth-order valence-electron chi connectivity index (χ4n) is 3.49. The number of nitrogens with one attached hydrogen (secondary N) is 1. The van der Waals surface area contributed by atoms with Gasteiger partial charge in [0.15, 0.2) is 6.10 Å². The molecular formula is C20H29NO5. The van der Waals surface area contributed by atoms with Crippen LogP contribution < -0.4 is 10.1 Å². The maximum Gasteiger partial charge on any atom is 0.330 e. The Balaban J connectivity index is 2.17. The van der Waals surface area contributed by atoms with Gasteiger partial charge in [-0.2, -0.15) is 0 Å². The molecule has 0 saturated heterocycles. The zero-order valence-electron chi connectivity index (χ0n) is 16.2. The highest BCUT2D eigenvalue weighted by atomic mass is 16.5. The van der Waals surface area contributed by atoms with E-state index in [4.69, 9.17) is 9.47 Å². The molecule has 0 aliphatic heterocycles.